The second-order valence-corrected chi connectivity index (χ2v) is 7.63. The summed E-state index contributed by atoms with van der Waals surface area (Å²) in [5, 5.41) is 6.87. The number of carbonyl (C=O) groups is 3. The Balaban J connectivity index is 1.64. The molecule has 9 heteroatoms. The second-order valence-electron chi connectivity index (χ2n) is 7.63. The van der Waals surface area contributed by atoms with Gasteiger partial charge in [-0.15, -0.1) is 0 Å². The first-order chi connectivity index (χ1) is 14.7. The van der Waals surface area contributed by atoms with Gasteiger partial charge < -0.3 is 10.1 Å². The minimum atomic E-state index is -0.952. The Morgan fingerprint density at radius 3 is 2.42 bits per heavy atom. The van der Waals surface area contributed by atoms with Crippen molar-refractivity contribution in [1.82, 2.24) is 19.6 Å². The van der Waals surface area contributed by atoms with Crippen molar-refractivity contribution in [2.45, 2.75) is 47.1 Å². The average Bonchev–Trinajstić information content (AvgIpc) is 3.19. The zero-order valence-corrected chi connectivity index (χ0v) is 18.2. The Morgan fingerprint density at radius 2 is 1.77 bits per heavy atom. The predicted molar refractivity (Wildman–Crippen MR) is 114 cm³/mol. The summed E-state index contributed by atoms with van der Waals surface area (Å²) in [7, 11) is 0. The third-order valence-electron chi connectivity index (χ3n) is 4.95. The van der Waals surface area contributed by atoms with Crippen molar-refractivity contribution in [2.75, 3.05) is 5.32 Å². The number of anilines is 1. The van der Waals surface area contributed by atoms with Crippen LogP contribution in [0, 0.1) is 19.8 Å². The van der Waals surface area contributed by atoms with Gasteiger partial charge in [0, 0.05) is 34.1 Å². The summed E-state index contributed by atoms with van der Waals surface area (Å²) in [5.41, 5.74) is 3.08. The summed E-state index contributed by atoms with van der Waals surface area (Å²) >= 11 is 0. The van der Waals surface area contributed by atoms with Crippen LogP contribution in [0.1, 0.15) is 48.1 Å². The van der Waals surface area contributed by atoms with E-state index >= 15 is 0 Å². The quantitative estimate of drug-likeness (QED) is 0.459. The number of benzene rings is 1. The molecule has 0 bridgehead atoms. The zero-order chi connectivity index (χ0) is 22.7. The molecule has 0 unspecified atom stereocenters. The molecule has 1 N–H and O–H groups in total. The molecule has 3 aromatic rings. The van der Waals surface area contributed by atoms with Gasteiger partial charge in [-0.3, -0.25) is 14.4 Å². The summed E-state index contributed by atoms with van der Waals surface area (Å²) in [6.07, 6.45) is 0.419. The maximum atomic E-state index is 12.6. The number of esters is 1. The number of nitrogens with zero attached hydrogens (tertiary/aromatic N) is 4. The van der Waals surface area contributed by atoms with Crippen LogP contribution in [0.2, 0.25) is 0 Å². The molecule has 2 heterocycles. The van der Waals surface area contributed by atoms with Gasteiger partial charge in [0.05, 0.1) is 6.42 Å². The van der Waals surface area contributed by atoms with Crippen molar-refractivity contribution in [2.24, 2.45) is 5.92 Å². The lowest BCUT2D eigenvalue weighted by Gasteiger charge is -2.15. The molecular formula is C22H25N5O4. The third-order valence-corrected chi connectivity index (χ3v) is 4.95. The number of ketones is 1. The number of fused-ring (bicyclic) bond motifs is 1. The molecule has 162 valence electrons. The van der Waals surface area contributed by atoms with Crippen LogP contribution in [0.4, 0.5) is 5.69 Å². The molecule has 0 spiro atoms. The maximum Gasteiger partial charge on any atom is 0.311 e. The van der Waals surface area contributed by atoms with Crippen molar-refractivity contribution in [3.05, 3.63) is 53.1 Å². The van der Waals surface area contributed by atoms with Crippen molar-refractivity contribution < 1.29 is 19.1 Å². The molecule has 0 fully saturated rings. The number of rotatable bonds is 7. The molecule has 0 saturated heterocycles. The standard InChI is InChI=1S/C22H25N5O4/c1-12(2)21(30)26-17-8-6-16(7-9-17)20(29)15(5)31-19(28)10-18-13(3)25-22-23-11-24-27(22)14(18)4/h6-9,11-12,15H,10H2,1-5H3,(H,26,30)/t15-/m0/s1. The highest BCUT2D eigenvalue weighted by atomic mass is 16.5. The number of aryl methyl sites for hydroxylation is 2. The first kappa shape index (κ1) is 22.1. The second kappa shape index (κ2) is 9.03. The van der Waals surface area contributed by atoms with Crippen LogP contribution in [0.3, 0.4) is 0 Å². The molecule has 2 aromatic heterocycles. The highest BCUT2D eigenvalue weighted by molar-refractivity contribution is 6.01. The molecule has 3 rings (SSSR count). The van der Waals surface area contributed by atoms with Crippen molar-refractivity contribution in [3.8, 4) is 0 Å². The van der Waals surface area contributed by atoms with Gasteiger partial charge in [0.2, 0.25) is 11.7 Å². The van der Waals surface area contributed by atoms with E-state index in [1.807, 2.05) is 6.92 Å². The van der Waals surface area contributed by atoms with Crippen molar-refractivity contribution >= 4 is 29.1 Å². The van der Waals surface area contributed by atoms with Gasteiger partial charge in [-0.25, -0.2) is 9.50 Å². The van der Waals surface area contributed by atoms with E-state index in [0.29, 0.717) is 28.3 Å². The largest absolute Gasteiger partial charge is 0.454 e. The lowest BCUT2D eigenvalue weighted by molar-refractivity contribution is -0.145. The lowest BCUT2D eigenvalue weighted by atomic mass is 10.1. The van der Waals surface area contributed by atoms with Crippen molar-refractivity contribution in [1.29, 1.82) is 0 Å². The van der Waals surface area contributed by atoms with Crippen LogP contribution in [0.5, 0.6) is 0 Å². The molecule has 31 heavy (non-hydrogen) atoms. The van der Waals surface area contributed by atoms with E-state index in [4.69, 9.17) is 4.74 Å². The molecule has 1 atom stereocenters. The van der Waals surface area contributed by atoms with E-state index in [9.17, 15) is 14.4 Å². The van der Waals surface area contributed by atoms with E-state index in [1.165, 1.54) is 13.3 Å². The molecule has 1 aromatic carbocycles. The van der Waals surface area contributed by atoms with Crippen LogP contribution < -0.4 is 5.32 Å². The zero-order valence-electron chi connectivity index (χ0n) is 18.2. The SMILES string of the molecule is Cc1nc2ncnn2c(C)c1CC(=O)O[C@@H](C)C(=O)c1ccc(NC(=O)C(C)C)cc1. The van der Waals surface area contributed by atoms with E-state index in [-0.39, 0.29) is 24.0 Å². The number of nitrogens with one attached hydrogen (secondary N) is 1. The number of Topliss-reactive ketones (excluding diaryl/α,β-unsaturated/α-hetero) is 1. The van der Waals surface area contributed by atoms with Crippen LogP contribution >= 0.6 is 0 Å². The van der Waals surface area contributed by atoms with Gasteiger partial charge >= 0.3 is 5.97 Å². The van der Waals surface area contributed by atoms with E-state index in [0.717, 1.165) is 5.69 Å². The Labute approximate surface area is 179 Å². The van der Waals surface area contributed by atoms with Gasteiger partial charge in [0.1, 0.15) is 6.33 Å². The van der Waals surface area contributed by atoms with E-state index < -0.39 is 12.1 Å². The summed E-state index contributed by atoms with van der Waals surface area (Å²) < 4.78 is 6.93. The van der Waals surface area contributed by atoms with Gasteiger partial charge in [-0.1, -0.05) is 13.8 Å². The Hall–Kier alpha value is -3.62. The first-order valence-electron chi connectivity index (χ1n) is 9.97. The molecule has 0 aliphatic rings. The Morgan fingerprint density at radius 1 is 1.10 bits per heavy atom. The summed E-state index contributed by atoms with van der Waals surface area (Å²) in [6, 6.07) is 6.49. The van der Waals surface area contributed by atoms with E-state index in [2.05, 4.69) is 20.4 Å². The molecule has 0 saturated carbocycles. The monoisotopic (exact) mass is 423 g/mol. The first-order valence-corrected chi connectivity index (χ1v) is 9.97. The van der Waals surface area contributed by atoms with E-state index in [1.54, 1.807) is 49.6 Å². The van der Waals surface area contributed by atoms with Gasteiger partial charge in [-0.05, 0) is 45.0 Å². The highest BCUT2D eigenvalue weighted by Crippen LogP contribution is 2.16. The fourth-order valence-corrected chi connectivity index (χ4v) is 3.09. The number of hydrogen-bond donors (Lipinski definition) is 1. The molecule has 1 amide bonds. The molecular weight excluding hydrogens is 398 g/mol. The normalized spacial score (nSPS) is 12.1. The fraction of sp³-hybridized carbons (Fsp3) is 0.364. The number of aromatic nitrogens is 4. The van der Waals surface area contributed by atoms with Crippen molar-refractivity contribution in [3.63, 3.8) is 0 Å². The minimum Gasteiger partial charge on any atom is -0.454 e. The minimum absolute atomic E-state index is 0.0295. The van der Waals surface area contributed by atoms with Gasteiger partial charge in [0.15, 0.2) is 6.10 Å². The van der Waals surface area contributed by atoms with Crippen LogP contribution in [-0.2, 0) is 20.7 Å². The lowest BCUT2D eigenvalue weighted by Crippen LogP contribution is -2.26. The Bertz CT molecular complexity index is 1130. The number of hydrogen-bond acceptors (Lipinski definition) is 7. The number of carbonyl (C=O) groups excluding carboxylic acids is 3. The fourth-order valence-electron chi connectivity index (χ4n) is 3.09. The smallest absolute Gasteiger partial charge is 0.311 e. The molecule has 0 radical (unpaired) electrons. The van der Waals surface area contributed by atoms with Crippen LogP contribution in [0.25, 0.3) is 5.78 Å². The predicted octanol–water partition coefficient (Wildman–Crippen LogP) is 2.69. The van der Waals surface area contributed by atoms with Gasteiger partial charge in [-0.2, -0.15) is 10.1 Å². The van der Waals surface area contributed by atoms with Crippen LogP contribution in [-0.4, -0.2) is 43.3 Å². The summed E-state index contributed by atoms with van der Waals surface area (Å²) in [6.45, 7) is 8.75. The Kier molecular flexibility index (Phi) is 6.43. The summed E-state index contributed by atoms with van der Waals surface area (Å²) in [5.74, 6) is -0.648. The number of ether oxygens (including phenoxy) is 1. The average molecular weight is 423 g/mol. The number of amides is 1. The molecule has 0 aliphatic heterocycles. The third kappa shape index (κ3) is 4.93. The van der Waals surface area contributed by atoms with Gasteiger partial charge in [0.25, 0.3) is 5.78 Å². The maximum absolute atomic E-state index is 12.6. The summed E-state index contributed by atoms with van der Waals surface area (Å²) in [4.78, 5) is 45.3. The topological polar surface area (TPSA) is 116 Å². The van der Waals surface area contributed by atoms with Crippen LogP contribution in [0.15, 0.2) is 30.6 Å². The highest BCUT2D eigenvalue weighted by Gasteiger charge is 2.22. The molecule has 9 nitrogen and oxygen atoms in total. The molecule has 0 aliphatic carbocycles.